The summed E-state index contributed by atoms with van der Waals surface area (Å²) in [4.78, 5) is 0. The Balaban J connectivity index is 1.34. The van der Waals surface area contributed by atoms with E-state index in [0.29, 0.717) is 11.5 Å². The van der Waals surface area contributed by atoms with Crippen molar-refractivity contribution in [1.82, 2.24) is 0 Å². The van der Waals surface area contributed by atoms with E-state index in [0.717, 1.165) is 56.7 Å². The van der Waals surface area contributed by atoms with Gasteiger partial charge in [-0.05, 0) is 48.9 Å². The van der Waals surface area contributed by atoms with E-state index in [1.807, 2.05) is 0 Å². The Kier molecular flexibility index (Phi) is 11.9. The molecular formula is C40H54O4. The summed E-state index contributed by atoms with van der Waals surface area (Å²) in [5.41, 5.74) is 5.83. The van der Waals surface area contributed by atoms with E-state index in [4.69, 9.17) is 18.3 Å². The van der Waals surface area contributed by atoms with Crippen LogP contribution in [0.25, 0.3) is 43.9 Å². The fraction of sp³-hybridized carbons (Fsp3) is 0.550. The molecule has 0 amide bonds. The monoisotopic (exact) mass is 598 g/mol. The van der Waals surface area contributed by atoms with Crippen molar-refractivity contribution in [2.24, 2.45) is 0 Å². The molecule has 0 bridgehead atoms. The lowest BCUT2D eigenvalue weighted by atomic mass is 10.0. The first-order valence-corrected chi connectivity index (χ1v) is 17.6. The predicted octanol–water partition coefficient (Wildman–Crippen LogP) is 12.9. The zero-order chi connectivity index (χ0) is 30.7. The van der Waals surface area contributed by atoms with Crippen molar-refractivity contribution in [2.45, 2.75) is 129 Å². The number of furan rings is 2. The molecule has 0 saturated heterocycles. The molecule has 44 heavy (non-hydrogen) atoms. The van der Waals surface area contributed by atoms with Gasteiger partial charge in [-0.25, -0.2) is 0 Å². The number of ether oxygens (including phenoxy) is 2. The molecule has 2 aromatic heterocycles. The average molecular weight is 599 g/mol. The Bertz CT molecular complexity index is 1500. The second kappa shape index (κ2) is 16.3. The quantitative estimate of drug-likeness (QED) is 0.0836. The molecule has 0 atom stereocenters. The Morgan fingerprint density at radius 3 is 1.20 bits per heavy atom. The van der Waals surface area contributed by atoms with Gasteiger partial charge in [-0.15, -0.1) is 0 Å². The number of fused-ring (bicyclic) bond motifs is 6. The molecule has 3 aromatic carbocycles. The maximum atomic E-state index is 6.55. The third-order valence-corrected chi connectivity index (χ3v) is 9.42. The van der Waals surface area contributed by atoms with Gasteiger partial charge in [0.05, 0.1) is 25.0 Å². The highest BCUT2D eigenvalue weighted by Gasteiger charge is 2.26. The highest BCUT2D eigenvalue weighted by atomic mass is 16.5. The van der Waals surface area contributed by atoms with Crippen LogP contribution >= 0.6 is 0 Å². The van der Waals surface area contributed by atoms with E-state index >= 15 is 0 Å². The van der Waals surface area contributed by atoms with Crippen LogP contribution in [0.2, 0.25) is 0 Å². The van der Waals surface area contributed by atoms with Crippen LogP contribution in [0.4, 0.5) is 0 Å². The minimum atomic E-state index is 0.714. The Morgan fingerprint density at radius 1 is 0.477 bits per heavy atom. The molecule has 0 aliphatic rings. The molecule has 4 nitrogen and oxygen atoms in total. The number of rotatable bonds is 20. The maximum absolute atomic E-state index is 6.55. The third-order valence-electron chi connectivity index (χ3n) is 9.42. The Hall–Kier alpha value is -3.14. The normalized spacial score (nSPS) is 11.9. The lowest BCUT2D eigenvalue weighted by Crippen LogP contribution is -1.90. The van der Waals surface area contributed by atoms with Crippen molar-refractivity contribution in [3.05, 3.63) is 47.5 Å². The van der Waals surface area contributed by atoms with Crippen molar-refractivity contribution in [2.75, 3.05) is 14.2 Å². The van der Waals surface area contributed by atoms with Crippen LogP contribution in [0.1, 0.15) is 128 Å². The number of hydrogen-bond acceptors (Lipinski definition) is 4. The van der Waals surface area contributed by atoms with Crippen LogP contribution in [0.5, 0.6) is 11.5 Å². The molecule has 0 spiro atoms. The van der Waals surface area contributed by atoms with E-state index in [9.17, 15) is 0 Å². The summed E-state index contributed by atoms with van der Waals surface area (Å²) in [6.07, 6.45) is 23.4. The molecule has 0 radical (unpaired) electrons. The van der Waals surface area contributed by atoms with E-state index in [1.165, 1.54) is 114 Å². The molecule has 0 aliphatic heterocycles. The van der Waals surface area contributed by atoms with Gasteiger partial charge in [0.1, 0.15) is 11.2 Å². The summed E-state index contributed by atoms with van der Waals surface area (Å²) >= 11 is 0. The van der Waals surface area contributed by atoms with Crippen molar-refractivity contribution in [3.63, 3.8) is 0 Å². The Morgan fingerprint density at radius 2 is 0.841 bits per heavy atom. The van der Waals surface area contributed by atoms with Crippen LogP contribution in [0, 0.1) is 0 Å². The van der Waals surface area contributed by atoms with Gasteiger partial charge in [-0.3, -0.25) is 0 Å². The second-order valence-corrected chi connectivity index (χ2v) is 12.8. The molecule has 0 fully saturated rings. The highest BCUT2D eigenvalue weighted by Crippen LogP contribution is 2.50. The summed E-state index contributed by atoms with van der Waals surface area (Å²) in [5, 5.41) is 3.91. The maximum Gasteiger partial charge on any atom is 0.181 e. The molecule has 0 aliphatic carbocycles. The molecule has 4 heteroatoms. The largest absolute Gasteiger partial charge is 0.492 e. The number of hydrogen-bond donors (Lipinski definition) is 0. The first-order chi connectivity index (χ1) is 21.7. The summed E-state index contributed by atoms with van der Waals surface area (Å²) in [5.74, 6) is 1.43. The van der Waals surface area contributed by atoms with Crippen LogP contribution < -0.4 is 9.47 Å². The minimum absolute atomic E-state index is 0.714. The molecule has 0 N–H and O–H groups in total. The van der Waals surface area contributed by atoms with Gasteiger partial charge in [0, 0.05) is 10.8 Å². The van der Waals surface area contributed by atoms with E-state index < -0.39 is 0 Å². The standard InChI is InChI=1S/C40H54O4/c1-5-7-9-11-13-15-17-19-21-29-23-25-31-33(27-29)43-39-35(31)37(41-3)40-36(38(39)42-4)32-26-24-30(28-34(32)44-40)22-20-18-16-14-12-10-8-6-2/h23-28H,5-22H2,1-4H3. The molecule has 5 rings (SSSR count). The highest BCUT2D eigenvalue weighted by molar-refractivity contribution is 6.23. The number of aryl methyl sites for hydroxylation is 2. The lowest BCUT2D eigenvalue weighted by Gasteiger charge is -2.08. The SMILES string of the molecule is CCCCCCCCCCc1ccc2c(c1)oc1c(OC)c3c(oc4cc(CCCCCCCCCC)ccc43)c(OC)c12. The molecule has 0 unspecified atom stereocenters. The van der Waals surface area contributed by atoms with Gasteiger partial charge in [0.2, 0.25) is 0 Å². The van der Waals surface area contributed by atoms with Gasteiger partial charge in [-0.2, -0.15) is 0 Å². The smallest absolute Gasteiger partial charge is 0.181 e. The lowest BCUT2D eigenvalue weighted by molar-refractivity contribution is 0.408. The van der Waals surface area contributed by atoms with Crippen LogP contribution in [0.3, 0.4) is 0 Å². The zero-order valence-electron chi connectivity index (χ0n) is 27.8. The second-order valence-electron chi connectivity index (χ2n) is 12.8. The molecule has 2 heterocycles. The van der Waals surface area contributed by atoms with E-state index in [-0.39, 0.29) is 0 Å². The molecule has 5 aromatic rings. The van der Waals surface area contributed by atoms with Crippen molar-refractivity contribution in [3.8, 4) is 11.5 Å². The van der Waals surface area contributed by atoms with Gasteiger partial charge in [-0.1, -0.05) is 128 Å². The van der Waals surface area contributed by atoms with Crippen molar-refractivity contribution < 1.29 is 18.3 Å². The van der Waals surface area contributed by atoms with Gasteiger partial charge in [0.25, 0.3) is 0 Å². The summed E-state index contributed by atoms with van der Waals surface area (Å²) in [6, 6.07) is 13.2. The van der Waals surface area contributed by atoms with Crippen LogP contribution in [-0.2, 0) is 12.8 Å². The number of unbranched alkanes of at least 4 members (excludes halogenated alkanes) is 14. The van der Waals surface area contributed by atoms with Crippen molar-refractivity contribution in [1.29, 1.82) is 0 Å². The molecule has 0 saturated carbocycles. The van der Waals surface area contributed by atoms with Gasteiger partial charge in [0.15, 0.2) is 22.7 Å². The Labute approximate surface area is 264 Å². The summed E-state index contributed by atoms with van der Waals surface area (Å²) < 4.78 is 25.2. The third kappa shape index (κ3) is 7.38. The first kappa shape index (κ1) is 32.3. The molecule has 238 valence electrons. The van der Waals surface area contributed by atoms with Crippen LogP contribution in [0.15, 0.2) is 45.2 Å². The number of methoxy groups -OCH3 is 2. The summed E-state index contributed by atoms with van der Waals surface area (Å²) in [6.45, 7) is 4.55. The zero-order valence-corrected chi connectivity index (χ0v) is 27.8. The van der Waals surface area contributed by atoms with Gasteiger partial charge >= 0.3 is 0 Å². The first-order valence-electron chi connectivity index (χ1n) is 17.6. The minimum Gasteiger partial charge on any atom is -0.492 e. The fourth-order valence-corrected chi connectivity index (χ4v) is 6.91. The summed E-state index contributed by atoms with van der Waals surface area (Å²) in [7, 11) is 3.44. The topological polar surface area (TPSA) is 44.7 Å². The predicted molar refractivity (Wildman–Crippen MR) is 187 cm³/mol. The van der Waals surface area contributed by atoms with E-state index in [2.05, 4.69) is 50.2 Å². The average Bonchev–Trinajstić information content (AvgIpc) is 3.60. The number of benzene rings is 3. The van der Waals surface area contributed by atoms with Crippen LogP contribution in [-0.4, -0.2) is 14.2 Å². The fourth-order valence-electron chi connectivity index (χ4n) is 6.91. The van der Waals surface area contributed by atoms with Gasteiger partial charge < -0.3 is 18.3 Å². The molecular weight excluding hydrogens is 544 g/mol. The van der Waals surface area contributed by atoms with E-state index in [1.54, 1.807) is 14.2 Å². The van der Waals surface area contributed by atoms with Crippen molar-refractivity contribution >= 4 is 43.9 Å².